The Balaban J connectivity index is 2.18. The molecule has 2 N–H and O–H groups in total. The first-order valence-corrected chi connectivity index (χ1v) is 5.79. The van der Waals surface area contributed by atoms with Gasteiger partial charge in [-0.15, -0.1) is 0 Å². The number of H-pyrrole nitrogens is 1. The van der Waals surface area contributed by atoms with Gasteiger partial charge in [-0.05, 0) is 13.8 Å². The van der Waals surface area contributed by atoms with Crippen molar-refractivity contribution in [1.29, 1.82) is 0 Å². The molecule has 0 saturated heterocycles. The van der Waals surface area contributed by atoms with Crippen molar-refractivity contribution in [3.05, 3.63) is 12.7 Å². The largest absolute Gasteiger partial charge is 0.357 e. The van der Waals surface area contributed by atoms with Gasteiger partial charge in [0.25, 0.3) is 0 Å². The topological polar surface area (TPSA) is 86.8 Å². The van der Waals surface area contributed by atoms with Gasteiger partial charge in [0.1, 0.15) is 17.9 Å². The molecule has 2 heterocycles. The van der Waals surface area contributed by atoms with E-state index in [9.17, 15) is 4.79 Å². The molecule has 1 atom stereocenters. The van der Waals surface area contributed by atoms with Gasteiger partial charge < -0.3 is 15.2 Å². The summed E-state index contributed by atoms with van der Waals surface area (Å²) in [5, 5.41) is 3.07. The number of hydrogen-bond donors (Lipinski definition) is 2. The van der Waals surface area contributed by atoms with Gasteiger partial charge in [-0.25, -0.2) is 15.0 Å². The van der Waals surface area contributed by atoms with E-state index in [1.807, 2.05) is 6.92 Å². The zero-order valence-corrected chi connectivity index (χ0v) is 10.6. The number of carbonyl (C=O) groups is 1. The Hall–Kier alpha value is -2.18. The highest BCUT2D eigenvalue weighted by atomic mass is 16.2. The first kappa shape index (κ1) is 12.3. The highest BCUT2D eigenvalue weighted by Gasteiger charge is 2.18. The van der Waals surface area contributed by atoms with E-state index in [0.29, 0.717) is 23.5 Å². The Morgan fingerprint density at radius 1 is 1.50 bits per heavy atom. The van der Waals surface area contributed by atoms with Crippen LogP contribution in [0.1, 0.15) is 13.8 Å². The molecule has 7 heteroatoms. The number of aromatic amines is 1. The predicted molar refractivity (Wildman–Crippen MR) is 68.1 cm³/mol. The first-order valence-electron chi connectivity index (χ1n) is 5.79. The van der Waals surface area contributed by atoms with Gasteiger partial charge in [0, 0.05) is 13.6 Å². The summed E-state index contributed by atoms with van der Waals surface area (Å²) in [7, 11) is 1.77. The van der Waals surface area contributed by atoms with Crippen LogP contribution in [0.2, 0.25) is 0 Å². The highest BCUT2D eigenvalue weighted by molar-refractivity contribution is 5.88. The third kappa shape index (κ3) is 2.24. The number of nitrogens with zero attached hydrogens (tertiary/aromatic N) is 4. The molecule has 2 rings (SSSR count). The number of nitrogens with one attached hydrogen (secondary N) is 2. The first-order chi connectivity index (χ1) is 8.63. The summed E-state index contributed by atoms with van der Waals surface area (Å²) in [5.74, 6) is 0.603. The van der Waals surface area contributed by atoms with Gasteiger partial charge in [0.05, 0.1) is 6.33 Å². The number of rotatable bonds is 4. The lowest BCUT2D eigenvalue weighted by Crippen LogP contribution is -2.39. The van der Waals surface area contributed by atoms with E-state index in [4.69, 9.17) is 0 Å². The number of amides is 1. The summed E-state index contributed by atoms with van der Waals surface area (Å²) in [6.07, 6.45) is 2.97. The fourth-order valence-corrected chi connectivity index (χ4v) is 1.63. The van der Waals surface area contributed by atoms with E-state index in [0.717, 1.165) is 0 Å². The number of imidazole rings is 1. The second-order valence-electron chi connectivity index (χ2n) is 4.04. The monoisotopic (exact) mass is 248 g/mol. The maximum atomic E-state index is 11.9. The summed E-state index contributed by atoms with van der Waals surface area (Å²) in [6, 6.07) is -0.351. The van der Waals surface area contributed by atoms with Crippen LogP contribution >= 0.6 is 0 Å². The minimum atomic E-state index is -0.351. The third-order valence-electron chi connectivity index (χ3n) is 2.80. The van der Waals surface area contributed by atoms with E-state index in [1.165, 1.54) is 6.33 Å². The number of aromatic nitrogens is 4. The number of anilines is 1. The normalized spacial score (nSPS) is 12.4. The van der Waals surface area contributed by atoms with Crippen LogP contribution < -0.4 is 5.32 Å². The van der Waals surface area contributed by atoms with Crippen LogP contribution in [0.3, 0.4) is 0 Å². The number of hydrogen-bond acceptors (Lipinski definition) is 5. The maximum absolute atomic E-state index is 11.9. The van der Waals surface area contributed by atoms with Crippen LogP contribution in [0.15, 0.2) is 12.7 Å². The molecule has 0 bridgehead atoms. The van der Waals surface area contributed by atoms with E-state index in [-0.39, 0.29) is 11.9 Å². The van der Waals surface area contributed by atoms with Crippen molar-refractivity contribution >= 4 is 22.9 Å². The average molecular weight is 248 g/mol. The molecule has 0 fully saturated rings. The smallest absolute Gasteiger partial charge is 0.244 e. The van der Waals surface area contributed by atoms with Crippen molar-refractivity contribution in [1.82, 2.24) is 24.8 Å². The number of fused-ring (bicyclic) bond motifs is 1. The fourth-order valence-electron chi connectivity index (χ4n) is 1.63. The highest BCUT2D eigenvalue weighted by Crippen LogP contribution is 2.15. The van der Waals surface area contributed by atoms with E-state index in [1.54, 1.807) is 25.2 Å². The summed E-state index contributed by atoms with van der Waals surface area (Å²) < 4.78 is 0. The Morgan fingerprint density at radius 3 is 3.00 bits per heavy atom. The quantitative estimate of drug-likeness (QED) is 0.828. The molecular weight excluding hydrogens is 232 g/mol. The second kappa shape index (κ2) is 4.99. The molecule has 0 aliphatic rings. The van der Waals surface area contributed by atoms with E-state index < -0.39 is 0 Å². The molecule has 0 aromatic carbocycles. The summed E-state index contributed by atoms with van der Waals surface area (Å²) in [5.41, 5.74) is 1.28. The standard InChI is InChI=1S/C11H16N6O/c1-4-17(3)11(18)7(2)16-10-8-9(13-5-12-8)14-6-15-10/h5-7H,4H2,1-3H3,(H2,12,13,14,15,16). The van der Waals surface area contributed by atoms with Gasteiger partial charge in [-0.1, -0.05) is 0 Å². The molecule has 0 radical (unpaired) electrons. The van der Waals surface area contributed by atoms with Crippen LogP contribution in [-0.2, 0) is 4.79 Å². The number of carbonyl (C=O) groups excluding carboxylic acids is 1. The molecule has 1 amide bonds. The lowest BCUT2D eigenvalue weighted by Gasteiger charge is -2.20. The minimum Gasteiger partial charge on any atom is -0.357 e. The molecule has 96 valence electrons. The van der Waals surface area contributed by atoms with Gasteiger partial charge >= 0.3 is 0 Å². The van der Waals surface area contributed by atoms with E-state index in [2.05, 4.69) is 25.3 Å². The third-order valence-corrected chi connectivity index (χ3v) is 2.80. The molecule has 2 aromatic heterocycles. The molecular formula is C11H16N6O. The second-order valence-corrected chi connectivity index (χ2v) is 4.04. The summed E-state index contributed by atoms with van der Waals surface area (Å²) in [4.78, 5) is 28.7. The van der Waals surface area contributed by atoms with Crippen molar-refractivity contribution in [3.8, 4) is 0 Å². The fraction of sp³-hybridized carbons (Fsp3) is 0.455. The lowest BCUT2D eigenvalue weighted by atomic mass is 10.3. The average Bonchev–Trinajstić information content (AvgIpc) is 2.86. The van der Waals surface area contributed by atoms with Gasteiger partial charge in [-0.2, -0.15) is 0 Å². The van der Waals surface area contributed by atoms with Gasteiger partial charge in [0.2, 0.25) is 5.91 Å². The molecule has 7 nitrogen and oxygen atoms in total. The predicted octanol–water partition coefficient (Wildman–Crippen LogP) is 0.632. The van der Waals surface area contributed by atoms with Crippen molar-refractivity contribution in [2.75, 3.05) is 18.9 Å². The zero-order chi connectivity index (χ0) is 13.1. The van der Waals surface area contributed by atoms with Crippen molar-refractivity contribution in [3.63, 3.8) is 0 Å². The van der Waals surface area contributed by atoms with Crippen LogP contribution in [0, 0.1) is 0 Å². The van der Waals surface area contributed by atoms with Crippen LogP contribution in [0.25, 0.3) is 11.2 Å². The van der Waals surface area contributed by atoms with Crippen LogP contribution in [0.5, 0.6) is 0 Å². The van der Waals surface area contributed by atoms with Crippen LogP contribution in [-0.4, -0.2) is 50.4 Å². The maximum Gasteiger partial charge on any atom is 0.244 e. The zero-order valence-electron chi connectivity index (χ0n) is 10.6. The molecule has 0 aliphatic carbocycles. The Labute approximate surface area is 105 Å². The van der Waals surface area contributed by atoms with Crippen molar-refractivity contribution in [2.24, 2.45) is 0 Å². The van der Waals surface area contributed by atoms with Gasteiger partial charge in [0.15, 0.2) is 11.5 Å². The molecule has 0 aliphatic heterocycles. The SMILES string of the molecule is CCN(C)C(=O)C(C)Nc1ncnc2nc[nH]c12. The Bertz CT molecular complexity index is 551. The van der Waals surface area contributed by atoms with Crippen LogP contribution in [0.4, 0.5) is 5.82 Å². The van der Waals surface area contributed by atoms with Gasteiger partial charge in [-0.3, -0.25) is 4.79 Å². The summed E-state index contributed by atoms with van der Waals surface area (Å²) >= 11 is 0. The molecule has 2 aromatic rings. The van der Waals surface area contributed by atoms with Crippen molar-refractivity contribution in [2.45, 2.75) is 19.9 Å². The Kier molecular flexibility index (Phi) is 3.40. The molecule has 18 heavy (non-hydrogen) atoms. The Morgan fingerprint density at radius 2 is 2.28 bits per heavy atom. The molecule has 0 saturated carbocycles. The van der Waals surface area contributed by atoms with Crippen molar-refractivity contribution < 1.29 is 4.79 Å². The molecule has 1 unspecified atom stereocenters. The van der Waals surface area contributed by atoms with E-state index >= 15 is 0 Å². The minimum absolute atomic E-state index is 0.0174. The lowest BCUT2D eigenvalue weighted by molar-refractivity contribution is -0.130. The number of likely N-dealkylation sites (N-methyl/N-ethyl adjacent to an activating group) is 1. The summed E-state index contributed by atoms with van der Waals surface area (Å²) in [6.45, 7) is 4.41. The molecule has 0 spiro atoms.